The molecule has 1 unspecified atom stereocenters. The largest absolute Gasteiger partial charge is 0.508 e. The van der Waals surface area contributed by atoms with Gasteiger partial charge in [0, 0.05) is 6.42 Å². The first kappa shape index (κ1) is 17.0. The quantitative estimate of drug-likeness (QED) is 0.754. The first-order valence-corrected chi connectivity index (χ1v) is 7.08. The van der Waals surface area contributed by atoms with E-state index in [2.05, 4.69) is 5.32 Å². The van der Waals surface area contributed by atoms with Crippen LogP contribution in [0.1, 0.15) is 32.3 Å². The van der Waals surface area contributed by atoms with Crippen LogP contribution in [0.4, 0.5) is 0 Å². The number of ether oxygens (including phenoxy) is 1. The second-order valence-electron chi connectivity index (χ2n) is 5.40. The van der Waals surface area contributed by atoms with Crippen LogP contribution in [0.5, 0.6) is 5.75 Å². The molecule has 1 aromatic rings. The van der Waals surface area contributed by atoms with E-state index < -0.39 is 12.0 Å². The van der Waals surface area contributed by atoms with Gasteiger partial charge in [-0.25, -0.2) is 4.79 Å². The lowest BCUT2D eigenvalue weighted by Gasteiger charge is -2.18. The van der Waals surface area contributed by atoms with Crippen molar-refractivity contribution in [2.24, 2.45) is 5.92 Å². The van der Waals surface area contributed by atoms with Crippen molar-refractivity contribution in [1.82, 2.24) is 5.32 Å². The van der Waals surface area contributed by atoms with E-state index in [-0.39, 0.29) is 24.0 Å². The Morgan fingerprint density at radius 2 is 1.95 bits per heavy atom. The van der Waals surface area contributed by atoms with Crippen molar-refractivity contribution < 1.29 is 19.4 Å². The molecule has 0 heterocycles. The van der Waals surface area contributed by atoms with Gasteiger partial charge >= 0.3 is 5.97 Å². The number of benzene rings is 1. The Hall–Kier alpha value is -2.04. The van der Waals surface area contributed by atoms with Crippen LogP contribution in [0.25, 0.3) is 0 Å². The van der Waals surface area contributed by atoms with E-state index in [9.17, 15) is 14.7 Å². The van der Waals surface area contributed by atoms with E-state index in [4.69, 9.17) is 4.74 Å². The molecule has 116 valence electrons. The Balaban J connectivity index is 2.54. The number of phenols is 1. The van der Waals surface area contributed by atoms with Crippen molar-refractivity contribution in [3.8, 4) is 5.75 Å². The second kappa shape index (κ2) is 8.29. The number of nitrogens with one attached hydrogen (secondary N) is 1. The van der Waals surface area contributed by atoms with Gasteiger partial charge in [-0.1, -0.05) is 32.0 Å². The molecule has 2 N–H and O–H groups in total. The van der Waals surface area contributed by atoms with E-state index in [1.807, 2.05) is 19.9 Å². The minimum Gasteiger partial charge on any atom is -0.508 e. The van der Waals surface area contributed by atoms with Crippen molar-refractivity contribution in [2.45, 2.75) is 39.2 Å². The van der Waals surface area contributed by atoms with Gasteiger partial charge in [0.05, 0.1) is 7.11 Å². The molecule has 5 nitrogen and oxygen atoms in total. The molecule has 0 fully saturated rings. The SMILES string of the molecule is COC(=O)C(CC(C)C)NC(=O)CCc1ccccc1O. The summed E-state index contributed by atoms with van der Waals surface area (Å²) in [5.41, 5.74) is 0.714. The third kappa shape index (κ3) is 5.85. The van der Waals surface area contributed by atoms with Crippen LogP contribution in [-0.4, -0.2) is 30.1 Å². The van der Waals surface area contributed by atoms with E-state index in [1.165, 1.54) is 7.11 Å². The monoisotopic (exact) mass is 293 g/mol. The van der Waals surface area contributed by atoms with Crippen LogP contribution in [0, 0.1) is 5.92 Å². The Morgan fingerprint density at radius 1 is 1.29 bits per heavy atom. The molecular weight excluding hydrogens is 270 g/mol. The molecule has 0 radical (unpaired) electrons. The zero-order chi connectivity index (χ0) is 15.8. The number of hydrogen-bond acceptors (Lipinski definition) is 4. The molecule has 1 aromatic carbocycles. The van der Waals surface area contributed by atoms with E-state index in [0.717, 1.165) is 0 Å². The Labute approximate surface area is 125 Å². The molecule has 0 saturated carbocycles. The molecule has 1 rings (SSSR count). The first-order chi connectivity index (χ1) is 9.93. The van der Waals surface area contributed by atoms with Gasteiger partial charge < -0.3 is 15.2 Å². The molecule has 0 bridgehead atoms. The van der Waals surface area contributed by atoms with Crippen molar-refractivity contribution in [2.75, 3.05) is 7.11 Å². The smallest absolute Gasteiger partial charge is 0.328 e. The van der Waals surface area contributed by atoms with Crippen LogP contribution >= 0.6 is 0 Å². The van der Waals surface area contributed by atoms with Gasteiger partial charge in [0.25, 0.3) is 0 Å². The van der Waals surface area contributed by atoms with Crippen LogP contribution < -0.4 is 5.32 Å². The molecular formula is C16H23NO4. The summed E-state index contributed by atoms with van der Waals surface area (Å²) in [7, 11) is 1.31. The number of aryl methyl sites for hydroxylation is 1. The Kier molecular flexibility index (Phi) is 6.72. The Morgan fingerprint density at radius 3 is 2.52 bits per heavy atom. The van der Waals surface area contributed by atoms with Crippen LogP contribution in [0.15, 0.2) is 24.3 Å². The van der Waals surface area contributed by atoms with Gasteiger partial charge in [0.15, 0.2) is 0 Å². The van der Waals surface area contributed by atoms with Gasteiger partial charge in [0.1, 0.15) is 11.8 Å². The second-order valence-corrected chi connectivity index (χ2v) is 5.40. The molecule has 0 saturated heterocycles. The van der Waals surface area contributed by atoms with Gasteiger partial charge in [-0.05, 0) is 30.4 Å². The fourth-order valence-electron chi connectivity index (χ4n) is 2.06. The maximum atomic E-state index is 11.9. The van der Waals surface area contributed by atoms with E-state index in [1.54, 1.807) is 18.2 Å². The zero-order valence-electron chi connectivity index (χ0n) is 12.8. The predicted molar refractivity (Wildman–Crippen MR) is 79.8 cm³/mol. The fraction of sp³-hybridized carbons (Fsp3) is 0.500. The van der Waals surface area contributed by atoms with Crippen molar-refractivity contribution >= 4 is 11.9 Å². The predicted octanol–water partition coefficient (Wildman–Crippen LogP) is 2.03. The average Bonchev–Trinajstić information content (AvgIpc) is 2.44. The molecule has 21 heavy (non-hydrogen) atoms. The average molecular weight is 293 g/mol. The molecule has 0 aromatic heterocycles. The lowest BCUT2D eigenvalue weighted by atomic mass is 10.0. The van der Waals surface area contributed by atoms with Crippen LogP contribution in [-0.2, 0) is 20.7 Å². The first-order valence-electron chi connectivity index (χ1n) is 7.08. The lowest BCUT2D eigenvalue weighted by molar-refractivity contribution is -0.145. The summed E-state index contributed by atoms with van der Waals surface area (Å²) in [4.78, 5) is 23.6. The summed E-state index contributed by atoms with van der Waals surface area (Å²) in [5.74, 6) is -0.210. The minimum atomic E-state index is -0.619. The molecule has 5 heteroatoms. The van der Waals surface area contributed by atoms with Crippen molar-refractivity contribution in [1.29, 1.82) is 0 Å². The summed E-state index contributed by atoms with van der Waals surface area (Å²) in [6.07, 6.45) is 1.17. The highest BCUT2D eigenvalue weighted by molar-refractivity contribution is 5.84. The summed E-state index contributed by atoms with van der Waals surface area (Å²) in [6.45, 7) is 3.95. The number of rotatable bonds is 7. The lowest BCUT2D eigenvalue weighted by Crippen LogP contribution is -2.42. The molecule has 0 aliphatic carbocycles. The van der Waals surface area contributed by atoms with Crippen LogP contribution in [0.2, 0.25) is 0 Å². The van der Waals surface area contributed by atoms with E-state index in [0.29, 0.717) is 18.4 Å². The number of hydrogen-bond donors (Lipinski definition) is 2. The fourth-order valence-corrected chi connectivity index (χ4v) is 2.06. The zero-order valence-corrected chi connectivity index (χ0v) is 12.8. The summed E-state index contributed by atoms with van der Waals surface area (Å²) >= 11 is 0. The normalized spacial score (nSPS) is 12.0. The van der Waals surface area contributed by atoms with Gasteiger partial charge in [-0.15, -0.1) is 0 Å². The Bertz CT molecular complexity index is 485. The number of methoxy groups -OCH3 is 1. The number of amides is 1. The van der Waals surface area contributed by atoms with E-state index >= 15 is 0 Å². The third-order valence-electron chi connectivity index (χ3n) is 3.14. The highest BCUT2D eigenvalue weighted by Gasteiger charge is 2.22. The summed E-state index contributed by atoms with van der Waals surface area (Å²) < 4.78 is 4.70. The van der Waals surface area contributed by atoms with Crippen molar-refractivity contribution in [3.05, 3.63) is 29.8 Å². The highest BCUT2D eigenvalue weighted by atomic mass is 16.5. The van der Waals surface area contributed by atoms with Crippen molar-refractivity contribution in [3.63, 3.8) is 0 Å². The van der Waals surface area contributed by atoms with Crippen LogP contribution in [0.3, 0.4) is 0 Å². The van der Waals surface area contributed by atoms with Gasteiger partial charge in [-0.2, -0.15) is 0 Å². The number of aromatic hydroxyl groups is 1. The van der Waals surface area contributed by atoms with Gasteiger partial charge in [0.2, 0.25) is 5.91 Å². The standard InChI is InChI=1S/C16H23NO4/c1-11(2)10-13(16(20)21-3)17-15(19)9-8-12-6-4-5-7-14(12)18/h4-7,11,13,18H,8-10H2,1-3H3,(H,17,19). The minimum absolute atomic E-state index is 0.178. The number of carbonyl (C=O) groups excluding carboxylic acids is 2. The molecule has 0 spiro atoms. The summed E-state index contributed by atoms with van der Waals surface area (Å²) in [5, 5.41) is 12.3. The summed E-state index contributed by atoms with van der Waals surface area (Å²) in [6, 6.07) is 6.28. The molecule has 0 aliphatic rings. The molecule has 0 aliphatic heterocycles. The topological polar surface area (TPSA) is 75.6 Å². The maximum Gasteiger partial charge on any atom is 0.328 e. The number of esters is 1. The van der Waals surface area contributed by atoms with Gasteiger partial charge in [-0.3, -0.25) is 4.79 Å². The third-order valence-corrected chi connectivity index (χ3v) is 3.14. The number of phenolic OH excluding ortho intramolecular Hbond substituents is 1. The number of carbonyl (C=O) groups is 2. The maximum absolute atomic E-state index is 11.9. The molecule has 1 amide bonds. The number of para-hydroxylation sites is 1. The molecule has 1 atom stereocenters. The highest BCUT2D eigenvalue weighted by Crippen LogP contribution is 2.17.